The highest BCUT2D eigenvalue weighted by molar-refractivity contribution is 5.56. The van der Waals surface area contributed by atoms with E-state index in [4.69, 9.17) is 4.74 Å². The van der Waals surface area contributed by atoms with Crippen LogP contribution in [0.15, 0.2) is 48.8 Å². The first kappa shape index (κ1) is 15.5. The first-order valence-electron chi connectivity index (χ1n) is 7.22. The third kappa shape index (κ3) is 3.19. The van der Waals surface area contributed by atoms with Crippen molar-refractivity contribution in [2.24, 2.45) is 0 Å². The number of pyridine rings is 1. The van der Waals surface area contributed by atoms with Crippen LogP contribution in [-0.4, -0.2) is 19.9 Å². The van der Waals surface area contributed by atoms with Crippen LogP contribution in [0.25, 0.3) is 11.4 Å². The third-order valence-electron chi connectivity index (χ3n) is 3.37. The molecule has 2 aromatic heterocycles. The van der Waals surface area contributed by atoms with Crippen LogP contribution in [0.4, 0.5) is 5.69 Å². The smallest absolute Gasteiger partial charge is 0.314 e. The van der Waals surface area contributed by atoms with Gasteiger partial charge in [0.05, 0.1) is 4.92 Å². The van der Waals surface area contributed by atoms with Gasteiger partial charge in [-0.2, -0.15) is 4.98 Å². The second-order valence-electron chi connectivity index (χ2n) is 5.19. The van der Waals surface area contributed by atoms with Crippen LogP contribution >= 0.6 is 0 Å². The number of aromatic nitrogens is 3. The molecule has 0 unspecified atom stereocenters. The van der Waals surface area contributed by atoms with Gasteiger partial charge in [-0.05, 0) is 32.0 Å². The Labute approximate surface area is 138 Å². The molecule has 0 saturated heterocycles. The summed E-state index contributed by atoms with van der Waals surface area (Å²) in [6.45, 7) is 3.47. The molecule has 0 saturated carbocycles. The number of aryl methyl sites for hydroxylation is 2. The fourth-order valence-electron chi connectivity index (χ4n) is 2.28. The Hall–Kier alpha value is -3.35. The van der Waals surface area contributed by atoms with Crippen molar-refractivity contribution in [1.82, 2.24) is 15.0 Å². The summed E-state index contributed by atoms with van der Waals surface area (Å²) < 4.78 is 5.69. The molecule has 24 heavy (non-hydrogen) atoms. The fourth-order valence-corrected chi connectivity index (χ4v) is 2.28. The summed E-state index contributed by atoms with van der Waals surface area (Å²) in [5.41, 5.74) is 1.94. The number of hydrogen-bond donors (Lipinski definition) is 0. The lowest BCUT2D eigenvalue weighted by molar-refractivity contribution is -0.386. The van der Waals surface area contributed by atoms with Gasteiger partial charge in [0.15, 0.2) is 5.82 Å². The quantitative estimate of drug-likeness (QED) is 0.535. The van der Waals surface area contributed by atoms with Gasteiger partial charge < -0.3 is 4.74 Å². The van der Waals surface area contributed by atoms with E-state index >= 15 is 0 Å². The minimum atomic E-state index is -0.456. The molecule has 1 aromatic carbocycles. The van der Waals surface area contributed by atoms with Crippen molar-refractivity contribution in [3.63, 3.8) is 0 Å². The molecule has 7 nitrogen and oxygen atoms in total. The van der Waals surface area contributed by atoms with Crippen LogP contribution in [0.5, 0.6) is 11.6 Å². The zero-order valence-electron chi connectivity index (χ0n) is 13.1. The predicted octanol–water partition coefficient (Wildman–Crippen LogP) is 3.86. The molecule has 0 aliphatic rings. The molecule has 0 aliphatic carbocycles. The average Bonchev–Trinajstić information content (AvgIpc) is 2.55. The van der Waals surface area contributed by atoms with Crippen LogP contribution in [0.2, 0.25) is 0 Å². The zero-order valence-corrected chi connectivity index (χ0v) is 13.1. The van der Waals surface area contributed by atoms with E-state index in [2.05, 4.69) is 15.0 Å². The maximum Gasteiger partial charge on any atom is 0.314 e. The minimum absolute atomic E-state index is 0.0702. The normalized spacial score (nSPS) is 10.4. The molecule has 0 bridgehead atoms. The lowest BCUT2D eigenvalue weighted by Gasteiger charge is -2.09. The molecular weight excluding hydrogens is 308 g/mol. The van der Waals surface area contributed by atoms with E-state index in [1.54, 1.807) is 55.7 Å². The van der Waals surface area contributed by atoms with E-state index in [1.807, 2.05) is 6.92 Å². The lowest BCUT2D eigenvalue weighted by Crippen LogP contribution is -1.99. The SMILES string of the molecule is Cc1cc(Oc2cccc(C)c2[N+](=O)[O-])nc(-c2ccncc2)n1. The summed E-state index contributed by atoms with van der Waals surface area (Å²) in [4.78, 5) is 23.5. The molecule has 0 atom stereocenters. The Balaban J connectivity index is 2.02. The number of benzene rings is 1. The molecule has 0 N–H and O–H groups in total. The van der Waals surface area contributed by atoms with Gasteiger partial charge in [0, 0.05) is 35.3 Å². The van der Waals surface area contributed by atoms with Crippen LogP contribution < -0.4 is 4.74 Å². The van der Waals surface area contributed by atoms with Gasteiger partial charge in [0.2, 0.25) is 11.6 Å². The van der Waals surface area contributed by atoms with Gasteiger partial charge in [0.25, 0.3) is 0 Å². The molecule has 3 rings (SSSR count). The number of rotatable bonds is 4. The van der Waals surface area contributed by atoms with E-state index in [1.165, 1.54) is 0 Å². The second-order valence-corrected chi connectivity index (χ2v) is 5.19. The fraction of sp³-hybridized carbons (Fsp3) is 0.118. The highest BCUT2D eigenvalue weighted by Gasteiger charge is 2.19. The van der Waals surface area contributed by atoms with Gasteiger partial charge in [0.1, 0.15) is 0 Å². The van der Waals surface area contributed by atoms with Crippen molar-refractivity contribution < 1.29 is 9.66 Å². The Morgan fingerprint density at radius 3 is 2.54 bits per heavy atom. The topological polar surface area (TPSA) is 91.0 Å². The number of ether oxygens (including phenoxy) is 1. The number of hydrogen-bond acceptors (Lipinski definition) is 6. The number of nitro groups is 1. The number of nitrogens with zero attached hydrogens (tertiary/aromatic N) is 4. The highest BCUT2D eigenvalue weighted by atomic mass is 16.6. The van der Waals surface area contributed by atoms with E-state index in [0.717, 1.165) is 5.56 Å². The van der Waals surface area contributed by atoms with E-state index in [9.17, 15) is 10.1 Å². The maximum absolute atomic E-state index is 11.3. The first-order chi connectivity index (χ1) is 11.5. The minimum Gasteiger partial charge on any atom is -0.432 e. The van der Waals surface area contributed by atoms with Crippen molar-refractivity contribution in [1.29, 1.82) is 0 Å². The monoisotopic (exact) mass is 322 g/mol. The van der Waals surface area contributed by atoms with Gasteiger partial charge in [-0.3, -0.25) is 15.1 Å². The maximum atomic E-state index is 11.3. The average molecular weight is 322 g/mol. The van der Waals surface area contributed by atoms with Gasteiger partial charge in [-0.25, -0.2) is 4.98 Å². The first-order valence-corrected chi connectivity index (χ1v) is 7.22. The molecule has 120 valence electrons. The summed E-state index contributed by atoms with van der Waals surface area (Å²) >= 11 is 0. The van der Waals surface area contributed by atoms with Gasteiger partial charge >= 0.3 is 5.69 Å². The summed E-state index contributed by atoms with van der Waals surface area (Å²) in [5, 5.41) is 11.3. The second kappa shape index (κ2) is 6.41. The van der Waals surface area contributed by atoms with Gasteiger partial charge in [-0.1, -0.05) is 12.1 Å². The van der Waals surface area contributed by atoms with Crippen LogP contribution in [0.3, 0.4) is 0 Å². The van der Waals surface area contributed by atoms with E-state index in [-0.39, 0.29) is 17.3 Å². The molecule has 0 amide bonds. The Bertz CT molecular complexity index is 898. The molecular formula is C17H14N4O3. The Kier molecular flexibility index (Phi) is 4.15. The Morgan fingerprint density at radius 1 is 1.08 bits per heavy atom. The Morgan fingerprint density at radius 2 is 1.83 bits per heavy atom. The van der Waals surface area contributed by atoms with Crippen molar-refractivity contribution in [2.75, 3.05) is 0 Å². The summed E-state index contributed by atoms with van der Waals surface area (Å²) in [6.07, 6.45) is 3.29. The van der Waals surface area contributed by atoms with E-state index < -0.39 is 4.92 Å². The molecule has 0 radical (unpaired) electrons. The lowest BCUT2D eigenvalue weighted by atomic mass is 10.2. The molecule has 0 aliphatic heterocycles. The standard InChI is InChI=1S/C17H14N4O3/c1-11-4-3-5-14(16(11)21(22)23)24-15-10-12(2)19-17(20-15)13-6-8-18-9-7-13/h3-10H,1-2H3. The van der Waals surface area contributed by atoms with E-state index in [0.29, 0.717) is 17.1 Å². The summed E-state index contributed by atoms with van der Waals surface area (Å²) in [5.74, 6) is 0.879. The van der Waals surface area contributed by atoms with Crippen molar-refractivity contribution in [3.05, 3.63) is 70.2 Å². The van der Waals surface area contributed by atoms with Crippen LogP contribution in [0.1, 0.15) is 11.3 Å². The molecule has 2 heterocycles. The van der Waals surface area contributed by atoms with Crippen LogP contribution in [-0.2, 0) is 0 Å². The van der Waals surface area contributed by atoms with Crippen LogP contribution in [0, 0.1) is 24.0 Å². The largest absolute Gasteiger partial charge is 0.432 e. The number of para-hydroxylation sites is 1. The molecule has 3 aromatic rings. The molecule has 0 spiro atoms. The summed E-state index contributed by atoms with van der Waals surface area (Å²) in [6, 6.07) is 10.1. The summed E-state index contributed by atoms with van der Waals surface area (Å²) in [7, 11) is 0. The van der Waals surface area contributed by atoms with Crippen molar-refractivity contribution in [2.45, 2.75) is 13.8 Å². The predicted molar refractivity (Wildman–Crippen MR) is 87.9 cm³/mol. The third-order valence-corrected chi connectivity index (χ3v) is 3.37. The van der Waals surface area contributed by atoms with Crippen molar-refractivity contribution in [3.8, 4) is 23.0 Å². The number of nitro benzene ring substituents is 1. The van der Waals surface area contributed by atoms with Gasteiger partial charge in [-0.15, -0.1) is 0 Å². The highest BCUT2D eigenvalue weighted by Crippen LogP contribution is 2.33. The molecule has 0 fully saturated rings. The van der Waals surface area contributed by atoms with Crippen molar-refractivity contribution >= 4 is 5.69 Å². The molecule has 7 heteroatoms. The zero-order chi connectivity index (χ0) is 17.1.